The summed E-state index contributed by atoms with van der Waals surface area (Å²) < 4.78 is 0. The predicted molar refractivity (Wildman–Crippen MR) is 109 cm³/mol. The van der Waals surface area contributed by atoms with Gasteiger partial charge in [-0.05, 0) is 66.6 Å². The predicted octanol–water partition coefficient (Wildman–Crippen LogP) is 5.61. The number of allylic oxidation sites excluding steroid dienone is 2. The Bertz CT molecular complexity index is 891. The highest BCUT2D eigenvalue weighted by atomic mass is 16.5. The van der Waals surface area contributed by atoms with E-state index in [1.165, 1.54) is 35.3 Å². The van der Waals surface area contributed by atoms with Gasteiger partial charge in [-0.1, -0.05) is 48.6 Å². The van der Waals surface area contributed by atoms with Crippen molar-refractivity contribution in [3.63, 3.8) is 0 Å². The van der Waals surface area contributed by atoms with Crippen molar-refractivity contribution in [2.45, 2.75) is 19.8 Å². The van der Waals surface area contributed by atoms with E-state index in [9.17, 15) is 0 Å². The average Bonchev–Trinajstić information content (AvgIpc) is 3.51. The molecule has 2 aromatic carbocycles. The summed E-state index contributed by atoms with van der Waals surface area (Å²) in [7, 11) is 0. The average molecular weight is 344 g/mol. The number of nitrogens with zero attached hydrogens (tertiary/aromatic N) is 1. The van der Waals surface area contributed by atoms with Crippen LogP contribution in [0.15, 0.2) is 60.3 Å². The number of hydrogen-bond donors (Lipinski definition) is 2. The third-order valence-electron chi connectivity index (χ3n) is 5.05. The smallest absolute Gasteiger partial charge is 0.0559 e. The maximum absolute atomic E-state index is 9.07. The van der Waals surface area contributed by atoms with E-state index >= 15 is 0 Å². The molecule has 0 amide bonds. The third kappa shape index (κ3) is 3.44. The van der Waals surface area contributed by atoms with E-state index in [2.05, 4.69) is 65.0 Å². The largest absolute Gasteiger partial charge is 0.340 e. The molecule has 2 N–H and O–H groups in total. The number of anilines is 2. The normalized spacial score (nSPS) is 16.4. The molecule has 1 aliphatic heterocycles. The van der Waals surface area contributed by atoms with E-state index in [4.69, 9.17) is 5.21 Å². The molecule has 132 valence electrons. The van der Waals surface area contributed by atoms with Crippen LogP contribution in [0.3, 0.4) is 0 Å². The second-order valence-electron chi connectivity index (χ2n) is 6.95. The molecule has 0 spiro atoms. The van der Waals surface area contributed by atoms with Gasteiger partial charge in [-0.15, -0.1) is 0 Å². The van der Waals surface area contributed by atoms with Crippen LogP contribution in [0.2, 0.25) is 0 Å². The number of hydroxylamine groups is 1. The Morgan fingerprint density at radius 1 is 1.12 bits per heavy atom. The van der Waals surface area contributed by atoms with Crippen molar-refractivity contribution < 1.29 is 5.21 Å². The summed E-state index contributed by atoms with van der Waals surface area (Å²) in [6.07, 6.45) is 12.8. The molecule has 0 radical (unpaired) electrons. The monoisotopic (exact) mass is 344 g/mol. The lowest BCUT2D eigenvalue weighted by Gasteiger charge is -2.27. The highest BCUT2D eigenvalue weighted by molar-refractivity contribution is 5.89. The molecule has 0 bridgehead atoms. The van der Waals surface area contributed by atoms with Gasteiger partial charge in [-0.2, -0.15) is 0 Å². The number of rotatable bonds is 5. The Hall–Kier alpha value is -2.78. The van der Waals surface area contributed by atoms with Crippen LogP contribution in [0.4, 0.5) is 11.4 Å². The summed E-state index contributed by atoms with van der Waals surface area (Å²) >= 11 is 0. The highest BCUT2D eigenvalue weighted by Crippen LogP contribution is 2.40. The zero-order valence-corrected chi connectivity index (χ0v) is 15.0. The van der Waals surface area contributed by atoms with Gasteiger partial charge < -0.3 is 4.90 Å². The molecule has 3 heteroatoms. The molecule has 4 rings (SSSR count). The molecular weight excluding hydrogens is 320 g/mol. The molecule has 1 fully saturated rings. The second-order valence-corrected chi connectivity index (χ2v) is 6.95. The maximum Gasteiger partial charge on any atom is 0.0559 e. The van der Waals surface area contributed by atoms with E-state index in [0.29, 0.717) is 5.70 Å². The molecule has 0 unspecified atom stereocenters. The van der Waals surface area contributed by atoms with Gasteiger partial charge in [-0.3, -0.25) is 10.7 Å². The first-order valence-electron chi connectivity index (χ1n) is 9.21. The Labute approximate surface area is 154 Å². The summed E-state index contributed by atoms with van der Waals surface area (Å²) in [5.74, 6) is 0.807. The Morgan fingerprint density at radius 2 is 1.88 bits per heavy atom. The second kappa shape index (κ2) is 7.22. The SMILES string of the molecule is C/C=C(/C=C/c1ccc2c(c1)C=Cc1ccccc1N2CC1CC1)NO. The molecule has 3 nitrogen and oxygen atoms in total. The minimum atomic E-state index is 0.679. The fourth-order valence-corrected chi connectivity index (χ4v) is 3.38. The van der Waals surface area contributed by atoms with Crippen LogP contribution in [0.25, 0.3) is 18.2 Å². The van der Waals surface area contributed by atoms with Gasteiger partial charge in [-0.25, -0.2) is 0 Å². The van der Waals surface area contributed by atoms with Crippen molar-refractivity contribution in [3.8, 4) is 0 Å². The molecule has 0 aromatic heterocycles. The quantitative estimate of drug-likeness (QED) is 0.546. The van der Waals surface area contributed by atoms with Crippen molar-refractivity contribution in [1.82, 2.24) is 5.48 Å². The van der Waals surface area contributed by atoms with E-state index in [1.807, 2.05) is 25.2 Å². The van der Waals surface area contributed by atoms with E-state index in [-0.39, 0.29) is 0 Å². The van der Waals surface area contributed by atoms with Crippen LogP contribution >= 0.6 is 0 Å². The third-order valence-corrected chi connectivity index (χ3v) is 5.05. The van der Waals surface area contributed by atoms with Crippen molar-refractivity contribution in [2.75, 3.05) is 11.4 Å². The molecule has 2 aromatic rings. The van der Waals surface area contributed by atoms with Crippen LogP contribution in [-0.2, 0) is 0 Å². The zero-order valence-electron chi connectivity index (χ0n) is 15.0. The van der Waals surface area contributed by atoms with Crippen molar-refractivity contribution >= 4 is 29.6 Å². The number of nitrogens with one attached hydrogen (secondary N) is 1. The van der Waals surface area contributed by atoms with Crippen molar-refractivity contribution in [1.29, 1.82) is 0 Å². The van der Waals surface area contributed by atoms with Gasteiger partial charge in [0.25, 0.3) is 0 Å². The standard InChI is InChI=1S/C23H24N2O/c1-2-21(24-26)13-9-17-10-14-23-20(15-17)12-11-19-5-3-4-6-22(19)25(23)16-18-7-8-18/h2-6,9-15,18,24,26H,7-8,16H2,1H3/b13-9+,21-2-. The molecule has 0 saturated heterocycles. The summed E-state index contributed by atoms with van der Waals surface area (Å²) in [5, 5.41) is 9.07. The Balaban J connectivity index is 1.72. The first-order valence-corrected chi connectivity index (χ1v) is 9.21. The number of hydrogen-bond acceptors (Lipinski definition) is 3. The summed E-state index contributed by atoms with van der Waals surface area (Å²) in [6.45, 7) is 2.97. The zero-order chi connectivity index (χ0) is 17.9. The van der Waals surface area contributed by atoms with E-state index < -0.39 is 0 Å². The Morgan fingerprint density at radius 3 is 2.65 bits per heavy atom. The number of fused-ring (bicyclic) bond motifs is 2. The summed E-state index contributed by atoms with van der Waals surface area (Å²) in [5.41, 5.74) is 9.03. The maximum atomic E-state index is 9.07. The lowest BCUT2D eigenvalue weighted by molar-refractivity contribution is 0.205. The molecular formula is C23H24N2O. The molecule has 1 saturated carbocycles. The first kappa shape index (κ1) is 16.7. The fourth-order valence-electron chi connectivity index (χ4n) is 3.38. The van der Waals surface area contributed by atoms with Crippen LogP contribution in [-0.4, -0.2) is 11.8 Å². The molecule has 26 heavy (non-hydrogen) atoms. The first-order chi connectivity index (χ1) is 12.8. The van der Waals surface area contributed by atoms with Gasteiger partial charge in [0, 0.05) is 17.9 Å². The molecule has 0 atom stereocenters. The van der Waals surface area contributed by atoms with E-state index in [0.717, 1.165) is 18.0 Å². The molecule has 2 aliphatic rings. The lowest BCUT2D eigenvalue weighted by atomic mass is 10.1. The molecule has 1 aliphatic carbocycles. The fraction of sp³-hybridized carbons (Fsp3) is 0.217. The minimum Gasteiger partial charge on any atom is -0.340 e. The topological polar surface area (TPSA) is 35.5 Å². The highest BCUT2D eigenvalue weighted by Gasteiger charge is 2.27. The van der Waals surface area contributed by atoms with Crippen LogP contribution in [0, 0.1) is 5.92 Å². The van der Waals surface area contributed by atoms with Gasteiger partial charge in [0.05, 0.1) is 5.70 Å². The van der Waals surface area contributed by atoms with Gasteiger partial charge in [0.15, 0.2) is 0 Å². The van der Waals surface area contributed by atoms with Gasteiger partial charge >= 0.3 is 0 Å². The Kier molecular flexibility index (Phi) is 4.63. The van der Waals surface area contributed by atoms with Crippen molar-refractivity contribution in [2.24, 2.45) is 5.92 Å². The number of para-hydroxylation sites is 1. The van der Waals surface area contributed by atoms with Crippen LogP contribution in [0.5, 0.6) is 0 Å². The van der Waals surface area contributed by atoms with Gasteiger partial charge in [0.1, 0.15) is 0 Å². The minimum absolute atomic E-state index is 0.679. The van der Waals surface area contributed by atoms with Crippen LogP contribution in [0.1, 0.15) is 36.5 Å². The van der Waals surface area contributed by atoms with E-state index in [1.54, 1.807) is 0 Å². The van der Waals surface area contributed by atoms with Crippen molar-refractivity contribution in [3.05, 3.63) is 77.0 Å². The summed E-state index contributed by atoms with van der Waals surface area (Å²) in [6, 6.07) is 15.2. The summed E-state index contributed by atoms with van der Waals surface area (Å²) in [4.78, 5) is 2.47. The van der Waals surface area contributed by atoms with Crippen LogP contribution < -0.4 is 10.4 Å². The number of benzene rings is 2. The lowest BCUT2D eigenvalue weighted by Crippen LogP contribution is -2.21. The molecule has 1 heterocycles. The van der Waals surface area contributed by atoms with Gasteiger partial charge in [0.2, 0.25) is 0 Å².